The Kier molecular flexibility index (Phi) is 9.53. The molecule has 0 rings (SSSR count). The van der Waals surface area contributed by atoms with E-state index in [0.717, 1.165) is 6.08 Å². The molecular formula is C6H9O3Y-. The van der Waals surface area contributed by atoms with Crippen LogP contribution in [0.2, 0.25) is 0 Å². The van der Waals surface area contributed by atoms with Crippen LogP contribution in [0.1, 0.15) is 0 Å². The van der Waals surface area contributed by atoms with Gasteiger partial charge in [-0.25, -0.2) is 4.79 Å². The summed E-state index contributed by atoms with van der Waals surface area (Å²) in [5.74, 6) is -0.544. The average molecular weight is 218 g/mol. The van der Waals surface area contributed by atoms with Crippen LogP contribution in [-0.4, -0.2) is 23.8 Å². The summed E-state index contributed by atoms with van der Waals surface area (Å²) in [6.45, 7) is 6.27. The summed E-state index contributed by atoms with van der Waals surface area (Å²) in [5.41, 5.74) is 0. The van der Waals surface area contributed by atoms with Gasteiger partial charge in [0.05, 0.1) is 6.61 Å². The number of carbonyl (C=O) groups is 1. The Morgan fingerprint density at radius 2 is 2.40 bits per heavy atom. The summed E-state index contributed by atoms with van der Waals surface area (Å²) in [7, 11) is 0. The first-order valence-electron chi connectivity index (χ1n) is 2.47. The largest absolute Gasteiger partial charge is 0.463 e. The van der Waals surface area contributed by atoms with Crippen LogP contribution < -0.4 is 0 Å². The number of esters is 1. The third-order valence-corrected chi connectivity index (χ3v) is 0.585. The van der Waals surface area contributed by atoms with Crippen LogP contribution in [0.5, 0.6) is 0 Å². The zero-order valence-corrected chi connectivity index (χ0v) is 8.46. The van der Waals surface area contributed by atoms with Crippen LogP contribution in [0.4, 0.5) is 0 Å². The number of carbonyl (C=O) groups excluding carboxylic acids is 1. The predicted molar refractivity (Wildman–Crippen MR) is 32.5 cm³/mol. The first-order valence-corrected chi connectivity index (χ1v) is 2.47. The fraction of sp³-hybridized carbons (Fsp3) is 0.333. The van der Waals surface area contributed by atoms with Crippen molar-refractivity contribution in [3.8, 4) is 0 Å². The Labute approximate surface area is 85.3 Å². The first-order chi connectivity index (χ1) is 4.16. The second-order valence-electron chi connectivity index (χ2n) is 1.49. The number of rotatable bonds is 3. The van der Waals surface area contributed by atoms with Crippen LogP contribution in [0.3, 0.4) is 0 Å². The third kappa shape index (κ3) is 8.27. The van der Waals surface area contributed by atoms with Crippen molar-refractivity contribution in [3.63, 3.8) is 0 Å². The van der Waals surface area contributed by atoms with Gasteiger partial charge in [0.25, 0.3) is 0 Å². The fourth-order valence-electron chi connectivity index (χ4n) is 0.237. The van der Waals surface area contributed by atoms with Crippen molar-refractivity contribution in [2.75, 3.05) is 6.61 Å². The van der Waals surface area contributed by atoms with Gasteiger partial charge in [0.2, 0.25) is 0 Å². The van der Waals surface area contributed by atoms with Gasteiger partial charge in [-0.3, -0.25) is 0 Å². The van der Waals surface area contributed by atoms with Crippen LogP contribution in [0, 0.1) is 6.92 Å². The van der Waals surface area contributed by atoms with E-state index in [1.165, 1.54) is 0 Å². The number of aliphatic hydroxyl groups excluding tert-OH is 1. The summed E-state index contributed by atoms with van der Waals surface area (Å²) in [6.07, 6.45) is 0.177. The van der Waals surface area contributed by atoms with Gasteiger partial charge in [0, 0.05) is 38.8 Å². The van der Waals surface area contributed by atoms with Gasteiger partial charge in [-0.15, -0.1) is 0 Å². The average Bonchev–Trinajstić information content (AvgIpc) is 1.83. The van der Waals surface area contributed by atoms with Gasteiger partial charge >= 0.3 is 5.97 Å². The van der Waals surface area contributed by atoms with Crippen LogP contribution in [0.25, 0.3) is 0 Å². The van der Waals surface area contributed by atoms with Crippen molar-refractivity contribution >= 4 is 5.97 Å². The van der Waals surface area contributed by atoms with E-state index in [1.54, 1.807) is 0 Å². The SMILES string of the molecule is C=CC(=O)OCC([CH2-])O.[Y]. The van der Waals surface area contributed by atoms with Gasteiger partial charge < -0.3 is 16.8 Å². The first kappa shape index (κ1) is 12.9. The Hall–Kier alpha value is 0.274. The minimum Gasteiger partial charge on any atom is -0.463 e. The van der Waals surface area contributed by atoms with Crippen molar-refractivity contribution in [2.45, 2.75) is 6.10 Å². The quantitative estimate of drug-likeness (QED) is 0.409. The molecule has 10 heavy (non-hydrogen) atoms. The molecule has 1 atom stereocenters. The maximum absolute atomic E-state index is 10.2. The predicted octanol–water partition coefficient (Wildman–Crippen LogP) is -0.0919. The molecule has 0 saturated heterocycles. The normalized spacial score (nSPS) is 11.0. The Bertz CT molecular complexity index is 112. The molecule has 1 N–H and O–H groups in total. The van der Waals surface area contributed by atoms with E-state index in [0.29, 0.717) is 0 Å². The van der Waals surface area contributed by atoms with Crippen LogP contribution in [-0.2, 0) is 42.2 Å². The minimum atomic E-state index is -0.853. The van der Waals surface area contributed by atoms with Crippen molar-refractivity contribution in [1.29, 1.82) is 0 Å². The molecule has 0 aromatic carbocycles. The summed E-state index contributed by atoms with van der Waals surface area (Å²) >= 11 is 0. The van der Waals surface area contributed by atoms with Gasteiger partial charge in [-0.2, -0.15) is 0 Å². The summed E-state index contributed by atoms with van der Waals surface area (Å²) < 4.78 is 4.38. The molecule has 0 heterocycles. The van der Waals surface area contributed by atoms with Crippen molar-refractivity contribution in [3.05, 3.63) is 19.6 Å². The Balaban J connectivity index is 0. The van der Waals surface area contributed by atoms with E-state index >= 15 is 0 Å². The molecule has 3 nitrogen and oxygen atoms in total. The zero-order valence-electron chi connectivity index (χ0n) is 5.62. The van der Waals surface area contributed by atoms with Gasteiger partial charge in [0.1, 0.15) is 0 Å². The Morgan fingerprint density at radius 3 is 2.70 bits per heavy atom. The van der Waals surface area contributed by atoms with Gasteiger partial charge in [-0.1, -0.05) is 6.58 Å². The monoisotopic (exact) mass is 218 g/mol. The van der Waals surface area contributed by atoms with Crippen molar-refractivity contribution in [2.24, 2.45) is 0 Å². The molecule has 0 fully saturated rings. The van der Waals surface area contributed by atoms with Gasteiger partial charge in [-0.05, 0) is 6.10 Å². The molecule has 0 saturated carbocycles. The zero-order chi connectivity index (χ0) is 7.28. The standard InChI is InChI=1S/C6H9O3.Y/c1-3-6(8)9-4-5(2)7;/h3,5,7H,1-2,4H2;/q-1;. The second kappa shape index (κ2) is 7.38. The van der Waals surface area contributed by atoms with E-state index in [1.807, 2.05) is 0 Å². The van der Waals surface area contributed by atoms with Crippen molar-refractivity contribution < 1.29 is 47.3 Å². The van der Waals surface area contributed by atoms with E-state index in [4.69, 9.17) is 5.11 Å². The van der Waals surface area contributed by atoms with Gasteiger partial charge in [0.15, 0.2) is 0 Å². The molecule has 0 aromatic rings. The maximum Gasteiger partial charge on any atom is 0.330 e. The summed E-state index contributed by atoms with van der Waals surface area (Å²) in [6, 6.07) is 0. The molecule has 0 spiro atoms. The molecule has 0 aromatic heterocycles. The van der Waals surface area contributed by atoms with Crippen molar-refractivity contribution in [1.82, 2.24) is 0 Å². The molecule has 55 valence electrons. The number of hydrogen-bond acceptors (Lipinski definition) is 3. The van der Waals surface area contributed by atoms with Crippen LogP contribution in [0.15, 0.2) is 12.7 Å². The topological polar surface area (TPSA) is 46.5 Å². The third-order valence-electron chi connectivity index (χ3n) is 0.585. The smallest absolute Gasteiger partial charge is 0.330 e. The molecule has 0 aliphatic carbocycles. The molecule has 1 unspecified atom stereocenters. The van der Waals surface area contributed by atoms with E-state index in [9.17, 15) is 4.79 Å². The second-order valence-corrected chi connectivity index (χ2v) is 1.49. The summed E-state index contributed by atoms with van der Waals surface area (Å²) in [4.78, 5) is 10.2. The summed E-state index contributed by atoms with van der Waals surface area (Å²) in [5, 5.41) is 8.47. The number of hydrogen-bond donors (Lipinski definition) is 1. The molecule has 0 aliphatic heterocycles. The maximum atomic E-state index is 10.2. The molecular weight excluding hydrogens is 209 g/mol. The van der Waals surface area contributed by atoms with E-state index < -0.39 is 12.1 Å². The van der Waals surface area contributed by atoms with E-state index in [-0.39, 0.29) is 39.3 Å². The molecule has 0 amide bonds. The van der Waals surface area contributed by atoms with E-state index in [2.05, 4.69) is 18.2 Å². The molecule has 0 aliphatic rings. The molecule has 0 bridgehead atoms. The minimum absolute atomic E-state index is 0. The molecule has 1 radical (unpaired) electrons. The number of ether oxygens (including phenoxy) is 1. The van der Waals surface area contributed by atoms with Crippen LogP contribution >= 0.6 is 0 Å². The Morgan fingerprint density at radius 1 is 1.90 bits per heavy atom. The fourth-order valence-corrected chi connectivity index (χ4v) is 0.237. The molecule has 4 heteroatoms. The number of aliphatic hydroxyl groups is 1.